The van der Waals surface area contributed by atoms with Gasteiger partial charge in [0.2, 0.25) is 0 Å². The summed E-state index contributed by atoms with van der Waals surface area (Å²) in [4.78, 5) is 1.26. The van der Waals surface area contributed by atoms with Gasteiger partial charge in [0.1, 0.15) is 0 Å². The molecule has 3 heteroatoms. The molecule has 0 unspecified atom stereocenters. The van der Waals surface area contributed by atoms with Crippen LogP contribution < -0.4 is 5.32 Å². The fourth-order valence-electron chi connectivity index (χ4n) is 1.73. The first kappa shape index (κ1) is 13.3. The first-order valence-electron chi connectivity index (χ1n) is 5.82. The number of aryl methyl sites for hydroxylation is 1. The van der Waals surface area contributed by atoms with Crippen LogP contribution in [0.3, 0.4) is 0 Å². The molecule has 0 heterocycles. The summed E-state index contributed by atoms with van der Waals surface area (Å²) in [5, 5.41) is 4.27. The maximum absolute atomic E-state index is 6.12. The third-order valence-electron chi connectivity index (χ3n) is 2.83. The van der Waals surface area contributed by atoms with Gasteiger partial charge in [-0.1, -0.05) is 35.9 Å². The second kappa shape index (κ2) is 6.17. The smallest absolute Gasteiger partial charge is 0.0480 e. The third-order valence-corrected chi connectivity index (χ3v) is 4.03. The standard InChI is InChI=1S/C15H16ClNS/c1-11-7-8-12(9-13(11)16)10-17-14-5-3-4-6-15(14)18-2/h3-9,17H,10H2,1-2H3. The Morgan fingerprint density at radius 3 is 2.67 bits per heavy atom. The number of para-hydroxylation sites is 1. The van der Waals surface area contributed by atoms with E-state index in [-0.39, 0.29) is 0 Å². The van der Waals surface area contributed by atoms with Crippen LogP contribution in [0.1, 0.15) is 11.1 Å². The molecule has 1 N–H and O–H groups in total. The lowest BCUT2D eigenvalue weighted by Crippen LogP contribution is -2.00. The van der Waals surface area contributed by atoms with Crippen LogP contribution in [0, 0.1) is 6.92 Å². The molecule has 2 aromatic rings. The fraction of sp³-hybridized carbons (Fsp3) is 0.200. The lowest BCUT2D eigenvalue weighted by molar-refractivity contribution is 1.13. The molecule has 94 valence electrons. The average molecular weight is 278 g/mol. The Morgan fingerprint density at radius 2 is 1.94 bits per heavy atom. The van der Waals surface area contributed by atoms with E-state index in [0.29, 0.717) is 0 Å². The zero-order valence-corrected chi connectivity index (χ0v) is 12.1. The number of rotatable bonds is 4. The maximum atomic E-state index is 6.12. The van der Waals surface area contributed by atoms with Crippen LogP contribution in [0.4, 0.5) is 5.69 Å². The molecule has 18 heavy (non-hydrogen) atoms. The molecule has 2 rings (SSSR count). The Balaban J connectivity index is 2.09. The van der Waals surface area contributed by atoms with Crippen molar-refractivity contribution >= 4 is 29.1 Å². The summed E-state index contributed by atoms with van der Waals surface area (Å²) < 4.78 is 0. The first-order valence-corrected chi connectivity index (χ1v) is 7.43. The molecular weight excluding hydrogens is 262 g/mol. The van der Waals surface area contributed by atoms with E-state index in [2.05, 4.69) is 41.9 Å². The highest BCUT2D eigenvalue weighted by Crippen LogP contribution is 2.25. The molecule has 0 bridgehead atoms. The van der Waals surface area contributed by atoms with E-state index in [4.69, 9.17) is 11.6 Å². The molecule has 0 aliphatic carbocycles. The Morgan fingerprint density at radius 1 is 1.17 bits per heavy atom. The van der Waals surface area contributed by atoms with Crippen molar-refractivity contribution in [2.45, 2.75) is 18.4 Å². The zero-order valence-electron chi connectivity index (χ0n) is 10.5. The van der Waals surface area contributed by atoms with Gasteiger partial charge in [0.05, 0.1) is 0 Å². The molecule has 0 atom stereocenters. The van der Waals surface area contributed by atoms with Gasteiger partial charge in [-0.2, -0.15) is 0 Å². The van der Waals surface area contributed by atoms with Gasteiger partial charge in [-0.05, 0) is 42.5 Å². The Kier molecular flexibility index (Phi) is 4.56. The third kappa shape index (κ3) is 3.21. The highest BCUT2D eigenvalue weighted by Gasteiger charge is 2.01. The molecule has 2 aromatic carbocycles. The largest absolute Gasteiger partial charge is 0.380 e. The summed E-state index contributed by atoms with van der Waals surface area (Å²) >= 11 is 7.87. The van der Waals surface area contributed by atoms with E-state index in [1.807, 2.05) is 19.1 Å². The van der Waals surface area contributed by atoms with Crippen molar-refractivity contribution in [2.75, 3.05) is 11.6 Å². The molecule has 0 amide bonds. The number of anilines is 1. The quantitative estimate of drug-likeness (QED) is 0.791. The predicted octanol–water partition coefficient (Wildman–Crippen LogP) is 4.98. The summed E-state index contributed by atoms with van der Waals surface area (Å²) in [6.07, 6.45) is 2.09. The maximum Gasteiger partial charge on any atom is 0.0480 e. The Labute approximate surface area is 118 Å². The van der Waals surface area contributed by atoms with E-state index >= 15 is 0 Å². The summed E-state index contributed by atoms with van der Waals surface area (Å²) in [6.45, 7) is 2.81. The summed E-state index contributed by atoms with van der Waals surface area (Å²) in [5.41, 5.74) is 3.48. The number of halogens is 1. The molecule has 0 fully saturated rings. The molecule has 0 aromatic heterocycles. The van der Waals surface area contributed by atoms with Crippen LogP contribution in [0.25, 0.3) is 0 Å². The summed E-state index contributed by atoms with van der Waals surface area (Å²) in [6, 6.07) is 14.5. The van der Waals surface area contributed by atoms with Gasteiger partial charge in [0, 0.05) is 22.2 Å². The van der Waals surface area contributed by atoms with Crippen molar-refractivity contribution in [3.63, 3.8) is 0 Å². The molecule has 0 aliphatic rings. The average Bonchev–Trinajstić information content (AvgIpc) is 2.40. The van der Waals surface area contributed by atoms with Gasteiger partial charge in [-0.3, -0.25) is 0 Å². The van der Waals surface area contributed by atoms with Crippen LogP contribution in [0.2, 0.25) is 5.02 Å². The molecule has 0 spiro atoms. The number of hydrogen-bond donors (Lipinski definition) is 1. The van der Waals surface area contributed by atoms with Crippen LogP contribution in [-0.4, -0.2) is 6.26 Å². The van der Waals surface area contributed by atoms with E-state index in [9.17, 15) is 0 Å². The number of thioether (sulfide) groups is 1. The number of benzene rings is 2. The second-order valence-electron chi connectivity index (χ2n) is 4.14. The minimum atomic E-state index is 0.789. The zero-order chi connectivity index (χ0) is 13.0. The minimum Gasteiger partial charge on any atom is -0.380 e. The van der Waals surface area contributed by atoms with Crippen molar-refractivity contribution in [1.82, 2.24) is 0 Å². The van der Waals surface area contributed by atoms with E-state index in [1.165, 1.54) is 16.1 Å². The van der Waals surface area contributed by atoms with Crippen molar-refractivity contribution in [3.8, 4) is 0 Å². The number of hydrogen-bond acceptors (Lipinski definition) is 2. The van der Waals surface area contributed by atoms with Crippen LogP contribution in [-0.2, 0) is 6.54 Å². The van der Waals surface area contributed by atoms with Crippen LogP contribution >= 0.6 is 23.4 Å². The topological polar surface area (TPSA) is 12.0 Å². The number of nitrogens with one attached hydrogen (secondary N) is 1. The lowest BCUT2D eigenvalue weighted by Gasteiger charge is -2.11. The first-order chi connectivity index (χ1) is 8.70. The predicted molar refractivity (Wildman–Crippen MR) is 81.7 cm³/mol. The normalized spacial score (nSPS) is 10.4. The molecule has 0 aliphatic heterocycles. The second-order valence-corrected chi connectivity index (χ2v) is 5.39. The molecule has 0 radical (unpaired) electrons. The fourth-order valence-corrected chi connectivity index (χ4v) is 2.51. The molecular formula is C15H16ClNS. The molecule has 1 nitrogen and oxygen atoms in total. The minimum absolute atomic E-state index is 0.789. The van der Waals surface area contributed by atoms with Gasteiger partial charge >= 0.3 is 0 Å². The Bertz CT molecular complexity index is 540. The van der Waals surface area contributed by atoms with Gasteiger partial charge in [-0.25, -0.2) is 0 Å². The van der Waals surface area contributed by atoms with Crippen molar-refractivity contribution in [2.24, 2.45) is 0 Å². The van der Waals surface area contributed by atoms with E-state index in [1.54, 1.807) is 11.8 Å². The van der Waals surface area contributed by atoms with Gasteiger partial charge in [0.15, 0.2) is 0 Å². The van der Waals surface area contributed by atoms with Crippen LogP contribution in [0.5, 0.6) is 0 Å². The Hall–Kier alpha value is -1.12. The van der Waals surface area contributed by atoms with Crippen molar-refractivity contribution in [1.29, 1.82) is 0 Å². The van der Waals surface area contributed by atoms with E-state index < -0.39 is 0 Å². The summed E-state index contributed by atoms with van der Waals surface area (Å²) in [5.74, 6) is 0. The highest BCUT2D eigenvalue weighted by atomic mass is 35.5. The monoisotopic (exact) mass is 277 g/mol. The van der Waals surface area contributed by atoms with Gasteiger partial charge in [0.25, 0.3) is 0 Å². The highest BCUT2D eigenvalue weighted by molar-refractivity contribution is 7.98. The van der Waals surface area contributed by atoms with Gasteiger partial charge in [-0.15, -0.1) is 11.8 Å². The van der Waals surface area contributed by atoms with Crippen molar-refractivity contribution < 1.29 is 0 Å². The van der Waals surface area contributed by atoms with E-state index in [0.717, 1.165) is 17.1 Å². The molecule has 0 saturated carbocycles. The molecule has 0 saturated heterocycles. The van der Waals surface area contributed by atoms with Gasteiger partial charge < -0.3 is 5.32 Å². The summed E-state index contributed by atoms with van der Waals surface area (Å²) in [7, 11) is 0. The lowest BCUT2D eigenvalue weighted by atomic mass is 10.1. The van der Waals surface area contributed by atoms with Crippen LogP contribution in [0.15, 0.2) is 47.4 Å². The SMILES string of the molecule is CSc1ccccc1NCc1ccc(C)c(Cl)c1. The van der Waals surface area contributed by atoms with Crippen molar-refractivity contribution in [3.05, 3.63) is 58.6 Å².